The number of likely N-dealkylation sites (tertiary alicyclic amines) is 1. The van der Waals surface area contributed by atoms with Crippen LogP contribution in [-0.4, -0.2) is 46.8 Å². The van der Waals surface area contributed by atoms with E-state index in [1.807, 2.05) is 12.1 Å². The zero-order valence-corrected chi connectivity index (χ0v) is 19.7. The van der Waals surface area contributed by atoms with Gasteiger partial charge in [-0.25, -0.2) is 0 Å². The summed E-state index contributed by atoms with van der Waals surface area (Å²) in [6, 6.07) is 14.8. The van der Waals surface area contributed by atoms with Crippen molar-refractivity contribution in [1.29, 1.82) is 0 Å². The molecule has 2 aliphatic rings. The lowest BCUT2D eigenvalue weighted by Crippen LogP contribution is -2.46. The molecule has 0 spiro atoms. The van der Waals surface area contributed by atoms with Gasteiger partial charge in [-0.05, 0) is 56.3 Å². The van der Waals surface area contributed by atoms with Crippen LogP contribution in [0, 0.1) is 0 Å². The van der Waals surface area contributed by atoms with Gasteiger partial charge in [0.25, 0.3) is 0 Å². The smallest absolute Gasteiger partial charge is 0.231 e. The molecule has 172 valence electrons. The number of hydrogen-bond donors (Lipinski definition) is 0. The van der Waals surface area contributed by atoms with Crippen LogP contribution in [-0.2, 0) is 24.2 Å². The number of Topliss-reactive ketones (excluding diaryl/α,β-unsaturated/α-hetero) is 1. The van der Waals surface area contributed by atoms with Crippen molar-refractivity contribution in [3.05, 3.63) is 65.4 Å². The molecule has 3 heterocycles. The molecule has 0 atom stereocenters. The summed E-state index contributed by atoms with van der Waals surface area (Å²) in [6.07, 6.45) is 6.67. The lowest BCUT2D eigenvalue weighted by molar-refractivity contribution is -0.118. The Morgan fingerprint density at radius 2 is 1.82 bits per heavy atom. The number of rotatable bonds is 7. The number of ketones is 1. The molecule has 5 rings (SSSR count). The average Bonchev–Trinajstić information content (AvgIpc) is 3.37. The largest absolute Gasteiger partial charge is 0.346 e. The number of anilines is 1. The van der Waals surface area contributed by atoms with Crippen molar-refractivity contribution in [1.82, 2.24) is 9.47 Å². The van der Waals surface area contributed by atoms with E-state index in [1.165, 1.54) is 16.6 Å². The van der Waals surface area contributed by atoms with Crippen LogP contribution < -0.4 is 4.90 Å². The molecule has 0 bridgehead atoms. The maximum Gasteiger partial charge on any atom is 0.231 e. The number of benzene rings is 2. The average molecular weight is 444 g/mol. The minimum absolute atomic E-state index is 0.132. The quantitative estimate of drug-likeness (QED) is 0.491. The number of aryl methyl sites for hydroxylation is 2. The topological polar surface area (TPSA) is 45.6 Å². The Morgan fingerprint density at radius 3 is 2.58 bits per heavy atom. The van der Waals surface area contributed by atoms with Gasteiger partial charge in [0.2, 0.25) is 5.91 Å². The second-order valence-corrected chi connectivity index (χ2v) is 9.45. The van der Waals surface area contributed by atoms with E-state index in [2.05, 4.69) is 57.8 Å². The summed E-state index contributed by atoms with van der Waals surface area (Å²) < 4.78 is 2.29. The Balaban J connectivity index is 1.20. The molecule has 3 aromatic rings. The van der Waals surface area contributed by atoms with Crippen LogP contribution in [0.2, 0.25) is 0 Å². The van der Waals surface area contributed by atoms with Gasteiger partial charge in [0.1, 0.15) is 0 Å². The highest BCUT2D eigenvalue weighted by Gasteiger charge is 2.34. The minimum atomic E-state index is 0.132. The van der Waals surface area contributed by atoms with E-state index in [9.17, 15) is 9.59 Å². The predicted octanol–water partition coefficient (Wildman–Crippen LogP) is 4.85. The highest BCUT2D eigenvalue weighted by molar-refractivity contribution is 6.07. The first-order valence-corrected chi connectivity index (χ1v) is 12.3. The van der Waals surface area contributed by atoms with Gasteiger partial charge in [-0.3, -0.25) is 9.59 Å². The first-order chi connectivity index (χ1) is 16.1. The molecular weight excluding hydrogens is 410 g/mol. The van der Waals surface area contributed by atoms with Crippen molar-refractivity contribution < 1.29 is 9.59 Å². The number of amides is 1. The van der Waals surface area contributed by atoms with Gasteiger partial charge in [-0.15, -0.1) is 0 Å². The number of carbonyl (C=O) groups is 2. The number of carbonyl (C=O) groups excluding carboxylic acids is 2. The Hall–Kier alpha value is -2.92. The molecule has 2 aliphatic heterocycles. The fraction of sp³-hybridized carbons (Fsp3) is 0.429. The lowest BCUT2D eigenvalue weighted by atomic mass is 10.0. The van der Waals surface area contributed by atoms with E-state index in [0.29, 0.717) is 12.5 Å². The van der Waals surface area contributed by atoms with Crippen LogP contribution in [0.25, 0.3) is 10.9 Å². The van der Waals surface area contributed by atoms with Crippen molar-refractivity contribution in [3.63, 3.8) is 0 Å². The Kier molecular flexibility index (Phi) is 6.07. The highest BCUT2D eigenvalue weighted by atomic mass is 16.2. The number of hydrogen-bond acceptors (Lipinski definition) is 3. The Bertz CT molecular complexity index is 1190. The van der Waals surface area contributed by atoms with Crippen molar-refractivity contribution in [2.24, 2.45) is 0 Å². The molecule has 1 aromatic heterocycles. The standard InChI is InChI=1S/C28H33N3O2/c1-3-21-9-6-10-24-25(20(2)32)19-30(28(21)24)15-7-14-29-16-12-23(13-17-29)31-26-11-5-4-8-22(26)18-27(31)33/h4-6,8-11,19,23H,3,7,12-18H2,1-2H3. The van der Waals surface area contributed by atoms with Crippen LogP contribution in [0.4, 0.5) is 5.69 Å². The van der Waals surface area contributed by atoms with Crippen molar-refractivity contribution in [2.75, 3.05) is 24.5 Å². The minimum Gasteiger partial charge on any atom is -0.346 e. The van der Waals surface area contributed by atoms with E-state index in [0.717, 1.165) is 68.5 Å². The zero-order chi connectivity index (χ0) is 22.9. The van der Waals surface area contributed by atoms with Crippen LogP contribution in [0.3, 0.4) is 0 Å². The SMILES string of the molecule is CCc1cccc2c(C(C)=O)cn(CCCN3CCC(N4C(=O)Cc5ccccc54)CC3)c12. The third-order valence-corrected chi connectivity index (χ3v) is 7.40. The molecule has 0 N–H and O–H groups in total. The third-order valence-electron chi connectivity index (χ3n) is 7.40. The molecule has 1 amide bonds. The predicted molar refractivity (Wildman–Crippen MR) is 133 cm³/mol. The first-order valence-electron chi connectivity index (χ1n) is 12.3. The molecule has 0 saturated carbocycles. The van der Waals surface area contributed by atoms with E-state index in [1.54, 1.807) is 6.92 Å². The fourth-order valence-corrected chi connectivity index (χ4v) is 5.72. The van der Waals surface area contributed by atoms with E-state index >= 15 is 0 Å². The van der Waals surface area contributed by atoms with E-state index < -0.39 is 0 Å². The van der Waals surface area contributed by atoms with Gasteiger partial charge in [-0.1, -0.05) is 43.3 Å². The summed E-state index contributed by atoms with van der Waals surface area (Å²) in [7, 11) is 0. The van der Waals surface area contributed by atoms with Crippen molar-refractivity contribution >= 4 is 28.3 Å². The molecule has 1 saturated heterocycles. The molecule has 5 heteroatoms. The number of aromatic nitrogens is 1. The van der Waals surface area contributed by atoms with Crippen LogP contribution >= 0.6 is 0 Å². The van der Waals surface area contributed by atoms with E-state index in [4.69, 9.17) is 0 Å². The third kappa shape index (κ3) is 4.10. The van der Waals surface area contributed by atoms with E-state index in [-0.39, 0.29) is 11.7 Å². The van der Waals surface area contributed by atoms with Gasteiger partial charge < -0.3 is 14.4 Å². The summed E-state index contributed by atoms with van der Waals surface area (Å²) in [5.41, 5.74) is 5.64. The second kappa shape index (κ2) is 9.14. The summed E-state index contributed by atoms with van der Waals surface area (Å²) in [5.74, 6) is 0.384. The number of fused-ring (bicyclic) bond motifs is 2. The van der Waals surface area contributed by atoms with Crippen molar-refractivity contribution in [3.8, 4) is 0 Å². The van der Waals surface area contributed by atoms with Gasteiger partial charge in [0.05, 0.1) is 11.9 Å². The Morgan fingerprint density at radius 1 is 1.03 bits per heavy atom. The highest BCUT2D eigenvalue weighted by Crippen LogP contribution is 2.33. The van der Waals surface area contributed by atoms with Crippen LogP contribution in [0.5, 0.6) is 0 Å². The number of nitrogens with zero attached hydrogens (tertiary/aromatic N) is 3. The molecular formula is C28H33N3O2. The zero-order valence-electron chi connectivity index (χ0n) is 19.7. The normalized spacial score (nSPS) is 17.2. The maximum atomic E-state index is 12.6. The lowest BCUT2D eigenvalue weighted by Gasteiger charge is -2.37. The molecule has 33 heavy (non-hydrogen) atoms. The molecule has 1 fully saturated rings. The van der Waals surface area contributed by atoms with Gasteiger partial charge in [-0.2, -0.15) is 0 Å². The summed E-state index contributed by atoms with van der Waals surface area (Å²) >= 11 is 0. The molecule has 0 aliphatic carbocycles. The first kappa shape index (κ1) is 21.9. The maximum absolute atomic E-state index is 12.6. The number of para-hydroxylation sites is 2. The summed E-state index contributed by atoms with van der Waals surface area (Å²) in [6.45, 7) is 7.85. The van der Waals surface area contributed by atoms with Crippen LogP contribution in [0.1, 0.15) is 54.6 Å². The van der Waals surface area contributed by atoms with Gasteiger partial charge in [0, 0.05) is 48.5 Å². The van der Waals surface area contributed by atoms with Gasteiger partial charge in [0.15, 0.2) is 5.78 Å². The fourth-order valence-electron chi connectivity index (χ4n) is 5.72. The van der Waals surface area contributed by atoms with Crippen molar-refractivity contribution in [2.45, 2.75) is 58.5 Å². The monoisotopic (exact) mass is 443 g/mol. The number of piperidine rings is 1. The molecule has 0 unspecified atom stereocenters. The molecule has 5 nitrogen and oxygen atoms in total. The molecule has 2 aromatic carbocycles. The van der Waals surface area contributed by atoms with Crippen LogP contribution in [0.15, 0.2) is 48.7 Å². The molecule has 0 radical (unpaired) electrons. The Labute approximate surface area is 196 Å². The summed E-state index contributed by atoms with van der Waals surface area (Å²) in [4.78, 5) is 29.4. The summed E-state index contributed by atoms with van der Waals surface area (Å²) in [5, 5.41) is 1.08. The van der Waals surface area contributed by atoms with Gasteiger partial charge >= 0.3 is 0 Å². The second-order valence-electron chi connectivity index (χ2n) is 9.45.